The fourth-order valence-corrected chi connectivity index (χ4v) is 4.17. The first kappa shape index (κ1) is 25.7. The number of aromatic nitrogens is 3. The van der Waals surface area contributed by atoms with Crippen molar-refractivity contribution in [3.05, 3.63) is 71.8 Å². The minimum atomic E-state index is -4.52. The summed E-state index contributed by atoms with van der Waals surface area (Å²) in [6.07, 6.45) is -4.77. The van der Waals surface area contributed by atoms with Gasteiger partial charge in [0.2, 0.25) is 5.95 Å². The Morgan fingerprint density at radius 2 is 1.71 bits per heavy atom. The van der Waals surface area contributed by atoms with Crippen LogP contribution in [0, 0.1) is 11.6 Å². The third-order valence-corrected chi connectivity index (χ3v) is 6.41. The molecule has 1 atom stereocenters. The van der Waals surface area contributed by atoms with Crippen molar-refractivity contribution in [3.8, 4) is 11.3 Å². The normalized spacial score (nSPS) is 15.2. The summed E-state index contributed by atoms with van der Waals surface area (Å²) in [5.74, 6) is -1.33. The van der Waals surface area contributed by atoms with E-state index in [1.807, 2.05) is 0 Å². The van der Waals surface area contributed by atoms with Crippen LogP contribution in [0.1, 0.15) is 18.4 Å². The number of anilines is 3. The summed E-state index contributed by atoms with van der Waals surface area (Å²) in [6, 6.07) is 12.5. The molecule has 1 fully saturated rings. The van der Waals surface area contributed by atoms with E-state index in [1.54, 1.807) is 12.1 Å². The molecule has 4 N–H and O–H groups in total. The van der Waals surface area contributed by atoms with Crippen LogP contribution < -0.4 is 15.4 Å². The van der Waals surface area contributed by atoms with Crippen molar-refractivity contribution in [2.75, 3.05) is 15.4 Å². The van der Waals surface area contributed by atoms with Gasteiger partial charge < -0.3 is 10.6 Å². The molecule has 0 radical (unpaired) electrons. The van der Waals surface area contributed by atoms with E-state index in [9.17, 15) is 26.2 Å². The van der Waals surface area contributed by atoms with Gasteiger partial charge in [0.05, 0.1) is 16.9 Å². The first-order chi connectivity index (χ1) is 18.0. The van der Waals surface area contributed by atoms with E-state index < -0.39 is 34.6 Å². The molecule has 0 amide bonds. The predicted octanol–water partition coefficient (Wildman–Crippen LogP) is 5.64. The molecule has 8 nitrogen and oxygen atoms in total. The second-order valence-electron chi connectivity index (χ2n) is 8.69. The van der Waals surface area contributed by atoms with Crippen LogP contribution in [-0.4, -0.2) is 35.4 Å². The van der Waals surface area contributed by atoms with Crippen LogP contribution in [-0.2, 0) is 17.8 Å². The molecule has 2 aromatic carbocycles. The molecule has 1 unspecified atom stereocenters. The number of benzene rings is 2. The first-order valence-corrected chi connectivity index (χ1v) is 12.3. The summed E-state index contributed by atoms with van der Waals surface area (Å²) in [5.41, 5.74) is -0.534. The minimum Gasteiger partial charge on any atom is -0.354 e. The van der Waals surface area contributed by atoms with Crippen molar-refractivity contribution in [1.29, 1.82) is 0 Å². The summed E-state index contributed by atoms with van der Waals surface area (Å²) < 4.78 is 90.5. The molecular weight excluding hydrogens is 531 g/mol. The van der Waals surface area contributed by atoms with Crippen molar-refractivity contribution in [2.24, 2.45) is 0 Å². The van der Waals surface area contributed by atoms with Gasteiger partial charge in [-0.15, -0.1) is 0 Å². The highest BCUT2D eigenvalue weighted by Crippen LogP contribution is 2.51. The van der Waals surface area contributed by atoms with Gasteiger partial charge in [-0.3, -0.25) is 9.27 Å². The van der Waals surface area contributed by atoms with Crippen LogP contribution >= 0.6 is 0 Å². The van der Waals surface area contributed by atoms with Crippen molar-refractivity contribution in [1.82, 2.24) is 15.0 Å². The standard InChI is InChI=1S/C24H19F5N6O2S/c25-15-4-2-14(3-5-15)17-7-8-18-20(31-17)21(34-23(9-10-23)24(27,28)29)33-22(32-18)30-12-13-1-6-16(26)19(11-13)35-38(36)37/h1-8,11,35H,9-10,12H2,(H,36,37)(H2,30,32,33,34). The Labute approximate surface area is 215 Å². The van der Waals surface area contributed by atoms with E-state index >= 15 is 0 Å². The lowest BCUT2D eigenvalue weighted by atomic mass is 10.1. The molecule has 198 valence electrons. The molecule has 1 aliphatic rings. The van der Waals surface area contributed by atoms with Crippen molar-refractivity contribution in [2.45, 2.75) is 31.1 Å². The Morgan fingerprint density at radius 1 is 0.974 bits per heavy atom. The van der Waals surface area contributed by atoms with E-state index in [2.05, 4.69) is 30.3 Å². The van der Waals surface area contributed by atoms with Gasteiger partial charge in [-0.25, -0.2) is 23.0 Å². The van der Waals surface area contributed by atoms with Crippen LogP contribution in [0.2, 0.25) is 0 Å². The lowest BCUT2D eigenvalue weighted by Gasteiger charge is -2.22. The Morgan fingerprint density at radius 3 is 2.37 bits per heavy atom. The summed E-state index contributed by atoms with van der Waals surface area (Å²) in [4.78, 5) is 13.1. The molecule has 5 rings (SSSR count). The molecule has 0 spiro atoms. The van der Waals surface area contributed by atoms with Crippen LogP contribution in [0.4, 0.5) is 39.4 Å². The van der Waals surface area contributed by atoms with E-state index in [-0.39, 0.29) is 47.9 Å². The maximum absolute atomic E-state index is 13.9. The van der Waals surface area contributed by atoms with Crippen LogP contribution in [0.25, 0.3) is 22.3 Å². The molecule has 2 aromatic heterocycles. The zero-order valence-electron chi connectivity index (χ0n) is 19.3. The zero-order valence-corrected chi connectivity index (χ0v) is 20.1. The molecule has 14 heteroatoms. The maximum Gasteiger partial charge on any atom is 0.411 e. The highest BCUT2D eigenvalue weighted by atomic mass is 32.2. The molecule has 4 aromatic rings. The van der Waals surface area contributed by atoms with E-state index in [0.717, 1.165) is 6.07 Å². The van der Waals surface area contributed by atoms with Gasteiger partial charge in [0.15, 0.2) is 5.82 Å². The lowest BCUT2D eigenvalue weighted by Crippen LogP contribution is -2.39. The largest absolute Gasteiger partial charge is 0.411 e. The van der Waals surface area contributed by atoms with E-state index in [1.165, 1.54) is 36.4 Å². The molecule has 0 aliphatic heterocycles. The molecule has 0 bridgehead atoms. The second kappa shape index (κ2) is 9.76. The summed E-state index contributed by atoms with van der Waals surface area (Å²) in [5, 5.41) is 5.41. The van der Waals surface area contributed by atoms with E-state index in [4.69, 9.17) is 4.55 Å². The fourth-order valence-electron chi connectivity index (χ4n) is 3.83. The topological polar surface area (TPSA) is 112 Å². The second-order valence-corrected chi connectivity index (χ2v) is 9.39. The minimum absolute atomic E-state index is 0.0149. The van der Waals surface area contributed by atoms with Gasteiger partial charge in [0.25, 0.3) is 11.3 Å². The quantitative estimate of drug-likeness (QED) is 0.166. The lowest BCUT2D eigenvalue weighted by molar-refractivity contribution is -0.151. The number of halogens is 5. The molecule has 38 heavy (non-hydrogen) atoms. The van der Waals surface area contributed by atoms with Gasteiger partial charge >= 0.3 is 6.18 Å². The molecule has 1 saturated carbocycles. The number of pyridine rings is 1. The highest BCUT2D eigenvalue weighted by Gasteiger charge is 2.64. The third kappa shape index (κ3) is 5.36. The molecular formula is C24H19F5N6O2S. The zero-order chi connectivity index (χ0) is 27.1. The van der Waals surface area contributed by atoms with Crippen molar-refractivity contribution < 1.29 is 30.7 Å². The van der Waals surface area contributed by atoms with Crippen molar-refractivity contribution >= 4 is 39.8 Å². The number of rotatable bonds is 8. The maximum atomic E-state index is 13.9. The van der Waals surface area contributed by atoms with Gasteiger partial charge in [0.1, 0.15) is 22.7 Å². The van der Waals surface area contributed by atoms with Gasteiger partial charge in [-0.1, -0.05) is 6.07 Å². The Bertz CT molecular complexity index is 1530. The Hall–Kier alpha value is -3.91. The predicted molar refractivity (Wildman–Crippen MR) is 132 cm³/mol. The highest BCUT2D eigenvalue weighted by molar-refractivity contribution is 7.80. The SMILES string of the molecule is O=S(O)Nc1cc(CNc2nc(NC3(C(F)(F)F)CC3)c3nc(-c4ccc(F)cc4)ccc3n2)ccc1F. The van der Waals surface area contributed by atoms with Crippen molar-refractivity contribution in [3.63, 3.8) is 0 Å². The van der Waals surface area contributed by atoms with E-state index in [0.29, 0.717) is 16.8 Å². The van der Waals surface area contributed by atoms with Crippen LogP contribution in [0.3, 0.4) is 0 Å². The monoisotopic (exact) mass is 550 g/mol. The first-order valence-electron chi connectivity index (χ1n) is 11.2. The summed E-state index contributed by atoms with van der Waals surface area (Å²) in [6.45, 7) is 0.0312. The number of nitrogens with zero attached hydrogens (tertiary/aromatic N) is 3. The number of fused-ring (bicyclic) bond motifs is 1. The Kier molecular flexibility index (Phi) is 6.61. The number of hydrogen-bond acceptors (Lipinski definition) is 6. The van der Waals surface area contributed by atoms with Crippen LogP contribution in [0.15, 0.2) is 54.6 Å². The number of alkyl halides is 3. The number of nitrogens with one attached hydrogen (secondary N) is 3. The third-order valence-electron chi connectivity index (χ3n) is 6.01. The molecule has 1 aliphatic carbocycles. The molecule has 0 saturated heterocycles. The average Bonchev–Trinajstić information content (AvgIpc) is 3.65. The van der Waals surface area contributed by atoms with Crippen LogP contribution in [0.5, 0.6) is 0 Å². The summed E-state index contributed by atoms with van der Waals surface area (Å²) >= 11 is -2.48. The average molecular weight is 551 g/mol. The Balaban J connectivity index is 1.50. The summed E-state index contributed by atoms with van der Waals surface area (Å²) in [7, 11) is 0. The number of hydrogen-bond donors (Lipinski definition) is 4. The van der Waals surface area contributed by atoms with Gasteiger partial charge in [0, 0.05) is 12.1 Å². The van der Waals surface area contributed by atoms with Gasteiger partial charge in [-0.05, 0) is 66.9 Å². The smallest absolute Gasteiger partial charge is 0.354 e. The van der Waals surface area contributed by atoms with Gasteiger partial charge in [-0.2, -0.15) is 18.2 Å². The fraction of sp³-hybridized carbons (Fsp3) is 0.208. The molecule has 2 heterocycles.